The molecule has 2 aromatic rings. The molecule has 6 heteroatoms. The summed E-state index contributed by atoms with van der Waals surface area (Å²) < 4.78 is 0. The first-order valence-corrected chi connectivity index (χ1v) is 10.6. The molecule has 0 saturated heterocycles. The molecule has 6 nitrogen and oxygen atoms in total. The number of aliphatic carboxylic acids is 2. The molecular weight excluding hydrogens is 420 g/mol. The predicted octanol–water partition coefficient (Wildman–Crippen LogP) is 3.66. The summed E-state index contributed by atoms with van der Waals surface area (Å²) >= 11 is 0. The molecule has 3 aliphatic carbocycles. The molecule has 2 N–H and O–H groups in total. The van der Waals surface area contributed by atoms with Crippen molar-refractivity contribution in [3.63, 3.8) is 0 Å². The van der Waals surface area contributed by atoms with Gasteiger partial charge in [-0.3, -0.25) is 9.59 Å². The van der Waals surface area contributed by atoms with Crippen molar-refractivity contribution in [2.75, 3.05) is 0 Å². The Morgan fingerprint density at radius 1 is 0.758 bits per heavy atom. The number of Topliss-reactive ketones (excluding diaryl/α,β-unsaturated/α-hetero) is 2. The zero-order valence-corrected chi connectivity index (χ0v) is 18.1. The van der Waals surface area contributed by atoms with Crippen LogP contribution >= 0.6 is 0 Å². The molecule has 0 atom stereocenters. The molecule has 0 aliphatic heterocycles. The van der Waals surface area contributed by atoms with E-state index >= 15 is 0 Å². The Balaban J connectivity index is 0.000000161. The van der Waals surface area contributed by atoms with Crippen LogP contribution < -0.4 is 0 Å². The van der Waals surface area contributed by atoms with Crippen molar-refractivity contribution in [3.8, 4) is 11.1 Å². The van der Waals surface area contributed by atoms with Crippen LogP contribution in [0.2, 0.25) is 0 Å². The summed E-state index contributed by atoms with van der Waals surface area (Å²) in [5.74, 6) is -5.33. The molecule has 0 saturated carbocycles. The topological polar surface area (TPSA) is 109 Å². The second kappa shape index (κ2) is 8.82. The summed E-state index contributed by atoms with van der Waals surface area (Å²) in [5, 5.41) is 17.2. The lowest BCUT2D eigenvalue weighted by Gasteiger charge is -2.25. The van der Waals surface area contributed by atoms with Crippen molar-refractivity contribution in [2.45, 2.75) is 32.6 Å². The number of carbonyl (C=O) groups excluding carboxylic acids is 2. The average Bonchev–Trinajstić information content (AvgIpc) is 2.82. The number of carboxylic acids is 2. The highest BCUT2D eigenvalue weighted by atomic mass is 16.4. The number of carboxylic acid groups (broad SMARTS) is 2. The van der Waals surface area contributed by atoms with Crippen LogP contribution in [0.15, 0.2) is 71.3 Å². The third-order valence-corrected chi connectivity index (χ3v) is 6.25. The van der Waals surface area contributed by atoms with E-state index < -0.39 is 34.7 Å². The number of fused-ring (bicyclic) bond motifs is 5. The largest absolute Gasteiger partial charge is 0.478 e. The second-order valence-electron chi connectivity index (χ2n) is 8.13. The van der Waals surface area contributed by atoms with Gasteiger partial charge in [-0.15, -0.1) is 0 Å². The maximum atomic E-state index is 11.2. The molecule has 166 valence electrons. The van der Waals surface area contributed by atoms with Gasteiger partial charge in [0.2, 0.25) is 11.6 Å². The number of rotatable bonds is 2. The Bertz CT molecular complexity index is 1310. The normalized spacial score (nSPS) is 16.1. The highest BCUT2D eigenvalue weighted by molar-refractivity contribution is 6.55. The number of allylic oxidation sites excluding steroid dienone is 3. The molecular formula is C27H22O6. The zero-order chi connectivity index (χ0) is 23.7. The van der Waals surface area contributed by atoms with Gasteiger partial charge in [-0.2, -0.15) is 0 Å². The third kappa shape index (κ3) is 4.07. The SMILES string of the molecule is C1=CCc2c(ccc3c2CCc2ccccc2-3)C1.CC1=C(C(=O)O)C=C(C(=O)O)C(=O)C1=O. The van der Waals surface area contributed by atoms with Crippen molar-refractivity contribution >= 4 is 23.5 Å². The first-order valence-electron chi connectivity index (χ1n) is 10.6. The van der Waals surface area contributed by atoms with Gasteiger partial charge in [-0.1, -0.05) is 48.6 Å². The highest BCUT2D eigenvalue weighted by Crippen LogP contribution is 2.37. The zero-order valence-electron chi connectivity index (χ0n) is 18.1. The molecule has 0 amide bonds. The van der Waals surface area contributed by atoms with Gasteiger partial charge in [-0.05, 0) is 72.1 Å². The fourth-order valence-electron chi connectivity index (χ4n) is 4.51. The van der Waals surface area contributed by atoms with Crippen LogP contribution in [0.3, 0.4) is 0 Å². The Labute approximate surface area is 190 Å². The van der Waals surface area contributed by atoms with Gasteiger partial charge in [0.1, 0.15) is 5.57 Å². The van der Waals surface area contributed by atoms with E-state index in [4.69, 9.17) is 10.2 Å². The third-order valence-electron chi connectivity index (χ3n) is 6.25. The summed E-state index contributed by atoms with van der Waals surface area (Å²) in [6.07, 6.45) is 9.97. The molecule has 0 spiro atoms. The van der Waals surface area contributed by atoms with E-state index in [0.29, 0.717) is 6.08 Å². The molecule has 33 heavy (non-hydrogen) atoms. The van der Waals surface area contributed by atoms with Crippen LogP contribution in [0, 0.1) is 0 Å². The number of hydrogen-bond donors (Lipinski definition) is 2. The number of aryl methyl sites for hydroxylation is 1. The quantitative estimate of drug-likeness (QED) is 0.318. The number of hydrogen-bond acceptors (Lipinski definition) is 4. The van der Waals surface area contributed by atoms with Crippen LogP contribution in [0.5, 0.6) is 0 Å². The highest BCUT2D eigenvalue weighted by Gasteiger charge is 2.33. The maximum Gasteiger partial charge on any atom is 0.339 e. The van der Waals surface area contributed by atoms with Gasteiger partial charge in [0, 0.05) is 5.57 Å². The summed E-state index contributed by atoms with van der Waals surface area (Å²) in [4.78, 5) is 43.5. The first kappa shape index (κ1) is 22.1. The van der Waals surface area contributed by atoms with Gasteiger partial charge in [0.05, 0.1) is 5.57 Å². The lowest BCUT2D eigenvalue weighted by Crippen LogP contribution is -2.28. The average molecular weight is 442 g/mol. The van der Waals surface area contributed by atoms with E-state index in [0.717, 1.165) is 12.8 Å². The number of ketones is 2. The standard InChI is InChI=1S/C18H16.C9H6O6/c1-3-7-15-13(5-1)9-11-18-16-8-4-2-6-14(16)10-12-17(15)18;1-3-4(8(12)13)2-5(9(14)15)7(11)6(3)10/h1-5,7,10,12H,6,8-9,11H2;2H,1H3,(H,12,13)(H,14,15). The van der Waals surface area contributed by atoms with E-state index in [1.807, 2.05) is 0 Å². The summed E-state index contributed by atoms with van der Waals surface area (Å²) in [7, 11) is 0. The van der Waals surface area contributed by atoms with Crippen molar-refractivity contribution in [1.29, 1.82) is 0 Å². The van der Waals surface area contributed by atoms with Crippen molar-refractivity contribution < 1.29 is 29.4 Å². The van der Waals surface area contributed by atoms with Crippen molar-refractivity contribution in [2.24, 2.45) is 0 Å². The van der Waals surface area contributed by atoms with Crippen LogP contribution in [0.1, 0.15) is 29.2 Å². The Kier molecular flexibility index (Phi) is 5.92. The van der Waals surface area contributed by atoms with Gasteiger partial charge >= 0.3 is 11.9 Å². The molecule has 3 aliphatic rings. The van der Waals surface area contributed by atoms with E-state index in [1.165, 1.54) is 42.0 Å². The maximum absolute atomic E-state index is 11.2. The predicted molar refractivity (Wildman–Crippen MR) is 122 cm³/mol. The molecule has 0 unspecified atom stereocenters. The van der Waals surface area contributed by atoms with Crippen molar-refractivity contribution in [3.05, 3.63) is 93.6 Å². The fraction of sp³-hybridized carbons (Fsp3) is 0.185. The summed E-state index contributed by atoms with van der Waals surface area (Å²) in [5.41, 5.74) is 7.66. The van der Waals surface area contributed by atoms with Crippen molar-refractivity contribution in [1.82, 2.24) is 0 Å². The molecule has 0 aromatic heterocycles. The van der Waals surface area contributed by atoms with Gasteiger partial charge in [-0.25, -0.2) is 9.59 Å². The Morgan fingerprint density at radius 3 is 2.21 bits per heavy atom. The van der Waals surface area contributed by atoms with Crippen LogP contribution in [-0.4, -0.2) is 33.7 Å². The molecule has 2 aromatic carbocycles. The molecule has 0 bridgehead atoms. The van der Waals surface area contributed by atoms with Gasteiger partial charge in [0.25, 0.3) is 0 Å². The van der Waals surface area contributed by atoms with E-state index in [1.54, 1.807) is 11.1 Å². The minimum absolute atomic E-state index is 0.252. The number of carbonyl (C=O) groups is 4. The fourth-order valence-corrected chi connectivity index (χ4v) is 4.51. The smallest absolute Gasteiger partial charge is 0.339 e. The van der Waals surface area contributed by atoms with Gasteiger partial charge in [0.15, 0.2) is 0 Å². The van der Waals surface area contributed by atoms with Gasteiger partial charge < -0.3 is 10.2 Å². The van der Waals surface area contributed by atoms with E-state index in [2.05, 4.69) is 48.6 Å². The lowest BCUT2D eigenvalue weighted by molar-refractivity contribution is -0.138. The number of benzene rings is 2. The van der Waals surface area contributed by atoms with Crippen LogP contribution in [-0.2, 0) is 44.9 Å². The molecule has 0 radical (unpaired) electrons. The van der Waals surface area contributed by atoms with E-state index in [9.17, 15) is 19.2 Å². The van der Waals surface area contributed by atoms with Crippen LogP contribution in [0.25, 0.3) is 11.1 Å². The lowest BCUT2D eigenvalue weighted by atomic mass is 9.79. The van der Waals surface area contributed by atoms with E-state index in [-0.39, 0.29) is 5.57 Å². The molecule has 0 heterocycles. The van der Waals surface area contributed by atoms with Crippen LogP contribution in [0.4, 0.5) is 0 Å². The second-order valence-corrected chi connectivity index (χ2v) is 8.13. The minimum atomic E-state index is -1.61. The summed E-state index contributed by atoms with van der Waals surface area (Å²) in [6, 6.07) is 13.5. The Hall–Kier alpha value is -4.06. The molecule has 0 fully saturated rings. The summed E-state index contributed by atoms with van der Waals surface area (Å²) in [6.45, 7) is 1.17. The Morgan fingerprint density at radius 2 is 1.48 bits per heavy atom. The molecule has 5 rings (SSSR count). The monoisotopic (exact) mass is 442 g/mol. The minimum Gasteiger partial charge on any atom is -0.478 e. The first-order chi connectivity index (χ1) is 15.8.